The predicted octanol–water partition coefficient (Wildman–Crippen LogP) is 5.19. The largest absolute Gasteiger partial charge is 0.491 e. The van der Waals surface area contributed by atoms with Gasteiger partial charge >= 0.3 is 11.3 Å². The van der Waals surface area contributed by atoms with Crippen molar-refractivity contribution in [1.82, 2.24) is 0 Å². The van der Waals surface area contributed by atoms with Gasteiger partial charge in [-0.3, -0.25) is 0 Å². The third-order valence-electron chi connectivity index (χ3n) is 3.27. The van der Waals surface area contributed by atoms with Gasteiger partial charge in [0.2, 0.25) is 0 Å². The Bertz CT molecular complexity index is 567. The number of ether oxygens (including phenoxy) is 1. The number of hydrogen-bond donors (Lipinski definition) is 0. The first-order valence-electron chi connectivity index (χ1n) is 6.94. The van der Waals surface area contributed by atoms with Gasteiger partial charge in [0, 0.05) is 12.1 Å². The molecule has 19 heavy (non-hydrogen) atoms. The number of benzene rings is 1. The van der Waals surface area contributed by atoms with Crippen LogP contribution >= 0.6 is 0 Å². The van der Waals surface area contributed by atoms with Crippen LogP contribution < -0.4 is 4.74 Å². The average Bonchev–Trinajstić information content (AvgIpc) is 2.36. The van der Waals surface area contributed by atoms with Gasteiger partial charge in [-0.15, -0.1) is 0 Å². The van der Waals surface area contributed by atoms with Crippen LogP contribution in [-0.4, -0.2) is 6.10 Å². The second kappa shape index (κ2) is 5.20. The standard InChI is InChI=1S/C17H23O2/c1-6-12(2)18-14-8-9-15-13(11-14)7-10-16(19-15)17(3,4)5/h7-12H,6H2,1-5H3/q+1. The van der Waals surface area contributed by atoms with Gasteiger partial charge in [-0.2, -0.15) is 0 Å². The van der Waals surface area contributed by atoms with Crippen LogP contribution in [0.3, 0.4) is 0 Å². The molecule has 0 bridgehead atoms. The van der Waals surface area contributed by atoms with E-state index in [9.17, 15) is 0 Å². The number of fused-ring (bicyclic) bond motifs is 1. The van der Waals surface area contributed by atoms with Crippen LogP contribution in [0.1, 0.15) is 46.8 Å². The third kappa shape index (κ3) is 3.25. The van der Waals surface area contributed by atoms with Gasteiger partial charge in [-0.1, -0.05) is 6.92 Å². The fourth-order valence-corrected chi connectivity index (χ4v) is 1.86. The zero-order valence-corrected chi connectivity index (χ0v) is 12.5. The van der Waals surface area contributed by atoms with Crippen molar-refractivity contribution in [3.05, 3.63) is 36.1 Å². The van der Waals surface area contributed by atoms with E-state index in [0.29, 0.717) is 0 Å². The predicted molar refractivity (Wildman–Crippen MR) is 79.7 cm³/mol. The Morgan fingerprint density at radius 3 is 2.53 bits per heavy atom. The lowest BCUT2D eigenvalue weighted by Gasteiger charge is -2.12. The fourth-order valence-electron chi connectivity index (χ4n) is 1.86. The summed E-state index contributed by atoms with van der Waals surface area (Å²) < 4.78 is 11.8. The Morgan fingerprint density at radius 1 is 1.16 bits per heavy atom. The topological polar surface area (TPSA) is 20.5 Å². The molecule has 0 aliphatic carbocycles. The van der Waals surface area contributed by atoms with E-state index < -0.39 is 0 Å². The average molecular weight is 259 g/mol. The van der Waals surface area contributed by atoms with Gasteiger partial charge in [-0.05, 0) is 52.3 Å². The molecule has 102 valence electrons. The number of hydrogen-bond acceptors (Lipinski definition) is 1. The van der Waals surface area contributed by atoms with Gasteiger partial charge in [0.15, 0.2) is 0 Å². The van der Waals surface area contributed by atoms with Crippen molar-refractivity contribution in [3.8, 4) is 5.75 Å². The third-order valence-corrected chi connectivity index (χ3v) is 3.27. The highest BCUT2D eigenvalue weighted by Gasteiger charge is 2.26. The maximum absolute atomic E-state index is 5.96. The Balaban J connectivity index is 2.35. The molecule has 2 heteroatoms. The van der Waals surface area contributed by atoms with Crippen LogP contribution in [0.4, 0.5) is 0 Å². The molecule has 2 nitrogen and oxygen atoms in total. The molecule has 0 amide bonds. The van der Waals surface area contributed by atoms with Crippen LogP contribution in [0.25, 0.3) is 11.0 Å². The van der Waals surface area contributed by atoms with Crippen molar-refractivity contribution in [3.63, 3.8) is 0 Å². The maximum Gasteiger partial charge on any atom is 0.360 e. The highest BCUT2D eigenvalue weighted by Crippen LogP contribution is 2.28. The van der Waals surface area contributed by atoms with E-state index in [1.807, 2.05) is 18.2 Å². The minimum atomic E-state index is 0.0279. The molecule has 0 saturated carbocycles. The first-order chi connectivity index (χ1) is 8.90. The summed E-state index contributed by atoms with van der Waals surface area (Å²) in [6.45, 7) is 10.7. The lowest BCUT2D eigenvalue weighted by Crippen LogP contribution is -2.11. The molecule has 1 aromatic carbocycles. The molecule has 0 radical (unpaired) electrons. The molecule has 0 aliphatic rings. The minimum Gasteiger partial charge on any atom is -0.491 e. The summed E-state index contributed by atoms with van der Waals surface area (Å²) in [6, 6.07) is 10.2. The molecule has 0 spiro atoms. The van der Waals surface area contributed by atoms with E-state index in [-0.39, 0.29) is 11.5 Å². The van der Waals surface area contributed by atoms with Crippen molar-refractivity contribution in [1.29, 1.82) is 0 Å². The lowest BCUT2D eigenvalue weighted by atomic mass is 9.93. The molecule has 1 heterocycles. The first kappa shape index (κ1) is 13.9. The zero-order chi connectivity index (χ0) is 14.0. The summed E-state index contributed by atoms with van der Waals surface area (Å²) in [6.07, 6.45) is 1.24. The lowest BCUT2D eigenvalue weighted by molar-refractivity contribution is 0.217. The summed E-state index contributed by atoms with van der Waals surface area (Å²) in [5.41, 5.74) is 0.934. The van der Waals surface area contributed by atoms with Crippen LogP contribution in [0.15, 0.2) is 34.7 Å². The van der Waals surface area contributed by atoms with Crippen molar-refractivity contribution in [2.24, 2.45) is 0 Å². The fraction of sp³-hybridized carbons (Fsp3) is 0.471. The highest BCUT2D eigenvalue weighted by molar-refractivity contribution is 5.78. The van der Waals surface area contributed by atoms with E-state index in [2.05, 4.69) is 46.8 Å². The van der Waals surface area contributed by atoms with E-state index in [4.69, 9.17) is 9.15 Å². The van der Waals surface area contributed by atoms with E-state index in [0.717, 1.165) is 28.9 Å². The van der Waals surface area contributed by atoms with Crippen molar-refractivity contribution in [2.45, 2.75) is 52.6 Å². The SMILES string of the molecule is CCC(C)Oc1ccc2[o+]c(C(C)(C)C)ccc2c1. The Kier molecular flexibility index (Phi) is 3.79. The van der Waals surface area contributed by atoms with Crippen LogP contribution in [0.2, 0.25) is 0 Å². The molecule has 2 aromatic rings. The van der Waals surface area contributed by atoms with Crippen LogP contribution in [0.5, 0.6) is 5.75 Å². The van der Waals surface area contributed by atoms with Gasteiger partial charge in [0.05, 0.1) is 16.9 Å². The summed E-state index contributed by atoms with van der Waals surface area (Å²) in [7, 11) is 0. The molecule has 1 unspecified atom stereocenters. The van der Waals surface area contributed by atoms with Crippen molar-refractivity contribution in [2.75, 3.05) is 0 Å². The van der Waals surface area contributed by atoms with Crippen LogP contribution in [0, 0.1) is 0 Å². The second-order valence-electron chi connectivity index (χ2n) is 6.09. The van der Waals surface area contributed by atoms with E-state index >= 15 is 0 Å². The summed E-state index contributed by atoms with van der Waals surface area (Å²) in [5.74, 6) is 1.90. The smallest absolute Gasteiger partial charge is 0.360 e. The molecule has 0 fully saturated rings. The molecule has 1 aromatic heterocycles. The molecule has 2 rings (SSSR count). The van der Waals surface area contributed by atoms with Crippen molar-refractivity contribution >= 4 is 11.0 Å². The quantitative estimate of drug-likeness (QED) is 0.707. The van der Waals surface area contributed by atoms with E-state index in [1.165, 1.54) is 0 Å². The Hall–Kier alpha value is -1.57. The van der Waals surface area contributed by atoms with Crippen LogP contribution in [-0.2, 0) is 5.41 Å². The minimum absolute atomic E-state index is 0.0279. The van der Waals surface area contributed by atoms with Gasteiger partial charge in [0.1, 0.15) is 5.75 Å². The van der Waals surface area contributed by atoms with Gasteiger partial charge < -0.3 is 4.74 Å². The Morgan fingerprint density at radius 2 is 1.89 bits per heavy atom. The first-order valence-corrected chi connectivity index (χ1v) is 6.94. The molecule has 1 atom stereocenters. The van der Waals surface area contributed by atoms with E-state index in [1.54, 1.807) is 0 Å². The normalized spacial score (nSPS) is 13.5. The van der Waals surface area contributed by atoms with Gasteiger partial charge in [0.25, 0.3) is 0 Å². The Labute approximate surface area is 115 Å². The maximum atomic E-state index is 5.96. The zero-order valence-electron chi connectivity index (χ0n) is 12.5. The number of rotatable bonds is 3. The summed E-state index contributed by atoms with van der Waals surface area (Å²) in [4.78, 5) is 0. The second-order valence-corrected chi connectivity index (χ2v) is 6.09. The highest BCUT2D eigenvalue weighted by atomic mass is 16.5. The molecular formula is C17H23O2+. The van der Waals surface area contributed by atoms with Crippen molar-refractivity contribution < 1.29 is 9.15 Å². The summed E-state index contributed by atoms with van der Waals surface area (Å²) in [5, 5.41) is 1.08. The van der Waals surface area contributed by atoms with Gasteiger partial charge in [-0.25, -0.2) is 4.42 Å². The molecular weight excluding hydrogens is 236 g/mol. The molecule has 0 N–H and O–H groups in total. The monoisotopic (exact) mass is 259 g/mol. The molecule has 0 saturated heterocycles. The summed E-state index contributed by atoms with van der Waals surface area (Å²) >= 11 is 0. The molecule has 0 aliphatic heterocycles.